The minimum atomic E-state index is -1.46. The molecule has 0 spiro atoms. The first kappa shape index (κ1) is 22.9. The molecule has 0 bridgehead atoms. The van der Waals surface area contributed by atoms with Crippen LogP contribution in [0.4, 0.5) is 13.2 Å². The molecule has 0 saturated heterocycles. The minimum absolute atomic E-state index is 0.363. The number of rotatable bonds is 5. The fraction of sp³-hybridized carbons (Fsp3) is 0.269. The summed E-state index contributed by atoms with van der Waals surface area (Å²) in [7, 11) is 1.62. The van der Waals surface area contributed by atoms with E-state index in [9.17, 15) is 13.2 Å². The van der Waals surface area contributed by atoms with Gasteiger partial charge in [-0.2, -0.15) is 0 Å². The van der Waals surface area contributed by atoms with Gasteiger partial charge in [0.05, 0.1) is 24.8 Å². The van der Waals surface area contributed by atoms with Crippen LogP contribution in [-0.2, 0) is 6.54 Å². The molecule has 2 aromatic heterocycles. The molecule has 5 rings (SSSR count). The fourth-order valence-corrected chi connectivity index (χ4v) is 4.51. The van der Waals surface area contributed by atoms with E-state index in [1.165, 1.54) is 0 Å². The van der Waals surface area contributed by atoms with Gasteiger partial charge in [-0.05, 0) is 61.2 Å². The zero-order chi connectivity index (χ0) is 24.5. The van der Waals surface area contributed by atoms with Crippen molar-refractivity contribution in [2.75, 3.05) is 7.11 Å². The number of aromatic nitrogens is 5. The molecule has 4 aromatic rings. The van der Waals surface area contributed by atoms with Crippen LogP contribution < -0.4 is 4.74 Å². The number of fused-ring (bicyclic) bond motifs is 1. The standard InChI is InChI=1S/C26H24F3N5O/c1-16-14-33(15-30-16)22-8-6-17(11-23(22)35-2)7-9-24-31-32-26-19(5-3-4-10-34(24)26)18-12-20(27)25(29)21(28)13-18/h6-9,11-15,19H,3-5,10H2,1-2H3/b9-7+. The highest BCUT2D eigenvalue weighted by atomic mass is 19.2. The lowest BCUT2D eigenvalue weighted by Crippen LogP contribution is -2.10. The van der Waals surface area contributed by atoms with Crippen molar-refractivity contribution >= 4 is 12.2 Å². The van der Waals surface area contributed by atoms with E-state index in [0.29, 0.717) is 35.9 Å². The zero-order valence-electron chi connectivity index (χ0n) is 19.4. The second-order valence-corrected chi connectivity index (χ2v) is 8.60. The Kier molecular flexibility index (Phi) is 6.15. The van der Waals surface area contributed by atoms with E-state index in [2.05, 4.69) is 15.2 Å². The molecule has 0 N–H and O–H groups in total. The van der Waals surface area contributed by atoms with Crippen molar-refractivity contribution in [2.45, 2.75) is 38.6 Å². The summed E-state index contributed by atoms with van der Waals surface area (Å²) in [5.41, 5.74) is 3.06. The van der Waals surface area contributed by atoms with Crippen LogP contribution in [0.2, 0.25) is 0 Å². The monoisotopic (exact) mass is 479 g/mol. The molecule has 1 atom stereocenters. The summed E-state index contributed by atoms with van der Waals surface area (Å²) in [5.74, 6) is -2.26. The molecule has 6 nitrogen and oxygen atoms in total. The molecule has 2 aromatic carbocycles. The molecule has 0 amide bonds. The Morgan fingerprint density at radius 3 is 2.54 bits per heavy atom. The van der Waals surface area contributed by atoms with Gasteiger partial charge in [0.1, 0.15) is 11.6 Å². The molecular formula is C26H24F3N5O. The third kappa shape index (κ3) is 4.45. The van der Waals surface area contributed by atoms with Crippen LogP contribution in [0.1, 0.15) is 53.7 Å². The van der Waals surface area contributed by atoms with Crippen LogP contribution in [0.3, 0.4) is 0 Å². The van der Waals surface area contributed by atoms with Crippen molar-refractivity contribution in [3.05, 3.63) is 88.8 Å². The minimum Gasteiger partial charge on any atom is -0.495 e. The van der Waals surface area contributed by atoms with E-state index in [1.807, 2.05) is 52.6 Å². The van der Waals surface area contributed by atoms with Crippen LogP contribution in [0, 0.1) is 24.4 Å². The Bertz CT molecular complexity index is 1380. The molecule has 0 saturated carbocycles. The topological polar surface area (TPSA) is 57.8 Å². The predicted molar refractivity (Wildman–Crippen MR) is 126 cm³/mol. The largest absolute Gasteiger partial charge is 0.495 e. The van der Waals surface area contributed by atoms with Gasteiger partial charge in [-0.3, -0.25) is 0 Å². The van der Waals surface area contributed by atoms with Crippen molar-refractivity contribution in [2.24, 2.45) is 0 Å². The molecule has 1 unspecified atom stereocenters. The number of aryl methyl sites for hydroxylation is 1. The molecule has 1 aliphatic heterocycles. The normalized spacial score (nSPS) is 15.9. The average Bonchev–Trinajstić information content (AvgIpc) is 3.40. The maximum absolute atomic E-state index is 13.9. The molecule has 3 heterocycles. The van der Waals surface area contributed by atoms with Gasteiger partial charge in [-0.1, -0.05) is 18.6 Å². The lowest BCUT2D eigenvalue weighted by atomic mass is 9.93. The second-order valence-electron chi connectivity index (χ2n) is 8.60. The Morgan fingerprint density at radius 1 is 1.03 bits per heavy atom. The van der Waals surface area contributed by atoms with E-state index >= 15 is 0 Å². The third-order valence-corrected chi connectivity index (χ3v) is 6.27. The summed E-state index contributed by atoms with van der Waals surface area (Å²) in [6.07, 6.45) is 9.82. The maximum atomic E-state index is 13.9. The first-order valence-electron chi connectivity index (χ1n) is 11.4. The highest BCUT2D eigenvalue weighted by Crippen LogP contribution is 2.34. The molecule has 0 aliphatic carbocycles. The molecule has 0 fully saturated rings. The van der Waals surface area contributed by atoms with E-state index in [-0.39, 0.29) is 5.92 Å². The van der Waals surface area contributed by atoms with Gasteiger partial charge in [0, 0.05) is 18.7 Å². The van der Waals surface area contributed by atoms with Crippen LogP contribution in [0.5, 0.6) is 5.75 Å². The van der Waals surface area contributed by atoms with Crippen LogP contribution in [0.15, 0.2) is 42.9 Å². The van der Waals surface area contributed by atoms with Gasteiger partial charge in [0.25, 0.3) is 0 Å². The summed E-state index contributed by atoms with van der Waals surface area (Å²) in [5, 5.41) is 8.67. The zero-order valence-corrected chi connectivity index (χ0v) is 19.4. The van der Waals surface area contributed by atoms with Gasteiger partial charge in [0.2, 0.25) is 0 Å². The highest BCUT2D eigenvalue weighted by Gasteiger charge is 2.26. The lowest BCUT2D eigenvalue weighted by Gasteiger charge is -2.15. The van der Waals surface area contributed by atoms with Gasteiger partial charge in [-0.15, -0.1) is 10.2 Å². The third-order valence-electron chi connectivity index (χ3n) is 6.27. The van der Waals surface area contributed by atoms with Crippen LogP contribution >= 0.6 is 0 Å². The number of methoxy groups -OCH3 is 1. The highest BCUT2D eigenvalue weighted by molar-refractivity contribution is 5.69. The number of imidazole rings is 1. The quantitative estimate of drug-likeness (QED) is 0.346. The van der Waals surface area contributed by atoms with Gasteiger partial charge < -0.3 is 13.9 Å². The summed E-state index contributed by atoms with van der Waals surface area (Å²) in [4.78, 5) is 4.27. The summed E-state index contributed by atoms with van der Waals surface area (Å²) in [6.45, 7) is 2.61. The molecular weight excluding hydrogens is 455 g/mol. The summed E-state index contributed by atoms with van der Waals surface area (Å²) < 4.78 is 50.7. The molecule has 1 aliphatic rings. The maximum Gasteiger partial charge on any atom is 0.194 e. The first-order valence-corrected chi connectivity index (χ1v) is 11.4. The predicted octanol–water partition coefficient (Wildman–Crippen LogP) is 5.68. The molecule has 0 radical (unpaired) electrons. The van der Waals surface area contributed by atoms with Crippen molar-refractivity contribution in [1.82, 2.24) is 24.3 Å². The Balaban J connectivity index is 1.45. The molecule has 180 valence electrons. The molecule has 9 heteroatoms. The van der Waals surface area contributed by atoms with Crippen molar-refractivity contribution in [1.29, 1.82) is 0 Å². The number of halogens is 3. The SMILES string of the molecule is COc1cc(/C=C/c2nnc3n2CCCCC3c2cc(F)c(F)c(F)c2)ccc1-n1cnc(C)c1. The Labute approximate surface area is 200 Å². The fourth-order valence-electron chi connectivity index (χ4n) is 4.51. The van der Waals surface area contributed by atoms with Crippen molar-refractivity contribution in [3.63, 3.8) is 0 Å². The summed E-state index contributed by atoms with van der Waals surface area (Å²) >= 11 is 0. The Hall–Kier alpha value is -3.88. The van der Waals surface area contributed by atoms with Gasteiger partial charge >= 0.3 is 0 Å². The smallest absolute Gasteiger partial charge is 0.194 e. The number of benzene rings is 2. The van der Waals surface area contributed by atoms with E-state index in [4.69, 9.17) is 4.74 Å². The number of nitrogens with zero attached hydrogens (tertiary/aromatic N) is 5. The first-order chi connectivity index (χ1) is 16.9. The van der Waals surface area contributed by atoms with Crippen molar-refractivity contribution < 1.29 is 17.9 Å². The van der Waals surface area contributed by atoms with Gasteiger partial charge in [0.15, 0.2) is 23.3 Å². The molecule has 35 heavy (non-hydrogen) atoms. The van der Waals surface area contributed by atoms with Crippen molar-refractivity contribution in [3.8, 4) is 11.4 Å². The van der Waals surface area contributed by atoms with E-state index < -0.39 is 17.5 Å². The van der Waals surface area contributed by atoms with E-state index in [0.717, 1.165) is 41.9 Å². The Morgan fingerprint density at radius 2 is 1.83 bits per heavy atom. The average molecular weight is 480 g/mol. The number of ether oxygens (including phenoxy) is 1. The van der Waals surface area contributed by atoms with Crippen LogP contribution in [0.25, 0.3) is 17.8 Å². The summed E-state index contributed by atoms with van der Waals surface area (Å²) in [6, 6.07) is 7.96. The lowest BCUT2D eigenvalue weighted by molar-refractivity contribution is 0.413. The number of hydrogen-bond donors (Lipinski definition) is 0. The van der Waals surface area contributed by atoms with E-state index in [1.54, 1.807) is 13.4 Å². The van der Waals surface area contributed by atoms with Crippen LogP contribution in [-0.4, -0.2) is 31.4 Å². The number of hydrogen-bond acceptors (Lipinski definition) is 4. The second kappa shape index (κ2) is 9.40. The van der Waals surface area contributed by atoms with Gasteiger partial charge in [-0.25, -0.2) is 18.2 Å².